The van der Waals surface area contributed by atoms with E-state index in [-0.39, 0.29) is 11.7 Å². The van der Waals surface area contributed by atoms with Crippen LogP contribution in [0.5, 0.6) is 0 Å². The lowest BCUT2D eigenvalue weighted by Gasteiger charge is -2.33. The molecular weight excluding hydrogens is 176 g/mol. The quantitative estimate of drug-likeness (QED) is 0.639. The molecule has 1 fully saturated rings. The van der Waals surface area contributed by atoms with Crippen molar-refractivity contribution in [1.29, 1.82) is 0 Å². The van der Waals surface area contributed by atoms with E-state index < -0.39 is 0 Å². The van der Waals surface area contributed by atoms with Crippen LogP contribution in [-0.2, 0) is 9.47 Å². The van der Waals surface area contributed by atoms with Gasteiger partial charge in [0.15, 0.2) is 6.29 Å². The normalized spacial score (nSPS) is 27.4. The first kappa shape index (κ1) is 9.94. The van der Waals surface area contributed by atoms with Crippen LogP contribution in [0.3, 0.4) is 0 Å². The second kappa shape index (κ2) is 3.52. The number of allylic oxidation sites excluding steroid dienone is 3. The summed E-state index contributed by atoms with van der Waals surface area (Å²) in [5.74, 6) is 0. The van der Waals surface area contributed by atoms with E-state index in [0.717, 1.165) is 19.6 Å². The predicted octanol–water partition coefficient (Wildman–Crippen LogP) is 2.66. The number of hydrogen-bond acceptors (Lipinski definition) is 2. The van der Waals surface area contributed by atoms with Crippen LogP contribution >= 0.6 is 0 Å². The molecule has 1 aliphatic carbocycles. The van der Waals surface area contributed by atoms with Gasteiger partial charge in [0.25, 0.3) is 0 Å². The summed E-state index contributed by atoms with van der Waals surface area (Å²) in [6.45, 7) is 8.08. The van der Waals surface area contributed by atoms with Crippen molar-refractivity contribution >= 4 is 0 Å². The summed E-state index contributed by atoms with van der Waals surface area (Å²) in [6.07, 6.45) is 5.37. The zero-order chi connectivity index (χ0) is 10.2. The molecule has 0 aromatic carbocycles. The zero-order valence-corrected chi connectivity index (χ0v) is 9.17. The second-order valence-corrected chi connectivity index (χ2v) is 4.66. The average Bonchev–Trinajstić information content (AvgIpc) is 2.55. The summed E-state index contributed by atoms with van der Waals surface area (Å²) in [5, 5.41) is 0. The maximum absolute atomic E-state index is 5.58. The van der Waals surface area contributed by atoms with Crippen LogP contribution in [0.2, 0.25) is 0 Å². The van der Waals surface area contributed by atoms with Crippen LogP contribution in [0, 0.1) is 5.41 Å². The summed E-state index contributed by atoms with van der Waals surface area (Å²) >= 11 is 0. The minimum Gasteiger partial charge on any atom is -0.346 e. The summed E-state index contributed by atoms with van der Waals surface area (Å²) in [5.41, 5.74) is 2.79. The van der Waals surface area contributed by atoms with Gasteiger partial charge in [-0.25, -0.2) is 0 Å². The van der Waals surface area contributed by atoms with E-state index >= 15 is 0 Å². The van der Waals surface area contributed by atoms with Crippen molar-refractivity contribution in [3.63, 3.8) is 0 Å². The Labute approximate surface area is 85.6 Å². The first-order chi connectivity index (χ1) is 6.61. The van der Waals surface area contributed by atoms with Crippen LogP contribution < -0.4 is 0 Å². The molecule has 14 heavy (non-hydrogen) atoms. The summed E-state index contributed by atoms with van der Waals surface area (Å²) in [4.78, 5) is 0. The molecule has 2 aliphatic rings. The van der Waals surface area contributed by atoms with Gasteiger partial charge in [-0.2, -0.15) is 0 Å². The monoisotopic (exact) mass is 194 g/mol. The largest absolute Gasteiger partial charge is 0.346 e. The van der Waals surface area contributed by atoms with Gasteiger partial charge in [0.05, 0.1) is 13.2 Å². The average molecular weight is 194 g/mol. The van der Waals surface area contributed by atoms with Gasteiger partial charge in [-0.1, -0.05) is 26.0 Å². The first-order valence-electron chi connectivity index (χ1n) is 5.22. The molecule has 0 bridgehead atoms. The van der Waals surface area contributed by atoms with Crippen LogP contribution in [0.25, 0.3) is 0 Å². The Morgan fingerprint density at radius 3 is 2.50 bits per heavy atom. The maximum Gasteiger partial charge on any atom is 0.181 e. The Balaban J connectivity index is 2.31. The zero-order valence-electron chi connectivity index (χ0n) is 9.17. The van der Waals surface area contributed by atoms with Gasteiger partial charge in [0, 0.05) is 0 Å². The van der Waals surface area contributed by atoms with Crippen LogP contribution in [-0.4, -0.2) is 19.5 Å². The van der Waals surface area contributed by atoms with Crippen molar-refractivity contribution in [2.24, 2.45) is 5.41 Å². The van der Waals surface area contributed by atoms with Crippen molar-refractivity contribution in [3.05, 3.63) is 23.3 Å². The topological polar surface area (TPSA) is 18.5 Å². The molecule has 0 amide bonds. The predicted molar refractivity (Wildman–Crippen MR) is 55.9 cm³/mol. The smallest absolute Gasteiger partial charge is 0.181 e. The van der Waals surface area contributed by atoms with Gasteiger partial charge >= 0.3 is 0 Å². The molecule has 2 nitrogen and oxygen atoms in total. The van der Waals surface area contributed by atoms with Crippen molar-refractivity contribution in [3.8, 4) is 0 Å². The second-order valence-electron chi connectivity index (χ2n) is 4.66. The molecule has 0 N–H and O–H groups in total. The molecule has 0 aromatic heterocycles. The highest BCUT2D eigenvalue weighted by Gasteiger charge is 2.34. The van der Waals surface area contributed by atoms with E-state index in [4.69, 9.17) is 9.47 Å². The SMILES string of the molecule is CC1=C(C2OCCO2)C(C)(C)CC=C1. The highest BCUT2D eigenvalue weighted by Crippen LogP contribution is 2.40. The van der Waals surface area contributed by atoms with Gasteiger partial charge < -0.3 is 9.47 Å². The summed E-state index contributed by atoms with van der Waals surface area (Å²) in [6, 6.07) is 0. The van der Waals surface area contributed by atoms with Gasteiger partial charge in [0.1, 0.15) is 0 Å². The molecule has 0 spiro atoms. The van der Waals surface area contributed by atoms with E-state index in [0.29, 0.717) is 0 Å². The molecule has 0 unspecified atom stereocenters. The lowest BCUT2D eigenvalue weighted by Crippen LogP contribution is -2.28. The van der Waals surface area contributed by atoms with Gasteiger partial charge in [-0.15, -0.1) is 0 Å². The number of rotatable bonds is 1. The van der Waals surface area contributed by atoms with Crippen LogP contribution in [0.1, 0.15) is 27.2 Å². The van der Waals surface area contributed by atoms with E-state index in [1.54, 1.807) is 0 Å². The Bertz CT molecular complexity index is 281. The molecule has 1 heterocycles. The minimum atomic E-state index is -0.102. The lowest BCUT2D eigenvalue weighted by molar-refractivity contribution is -0.0252. The summed E-state index contributed by atoms with van der Waals surface area (Å²) in [7, 11) is 0. The fourth-order valence-corrected chi connectivity index (χ4v) is 2.29. The standard InChI is InChI=1S/C12H18O2/c1-9-5-4-6-12(2,3)10(9)11-13-7-8-14-11/h4-5,11H,6-8H2,1-3H3. The van der Waals surface area contributed by atoms with E-state index in [2.05, 4.69) is 32.9 Å². The highest BCUT2D eigenvalue weighted by molar-refractivity contribution is 5.34. The molecule has 1 saturated heterocycles. The van der Waals surface area contributed by atoms with Gasteiger partial charge in [0.2, 0.25) is 0 Å². The van der Waals surface area contributed by atoms with Gasteiger partial charge in [-0.05, 0) is 29.9 Å². The molecular formula is C12H18O2. The third-order valence-corrected chi connectivity index (χ3v) is 3.01. The molecule has 0 saturated carbocycles. The van der Waals surface area contributed by atoms with Crippen molar-refractivity contribution in [2.45, 2.75) is 33.5 Å². The fraction of sp³-hybridized carbons (Fsp3) is 0.667. The van der Waals surface area contributed by atoms with Crippen molar-refractivity contribution in [1.82, 2.24) is 0 Å². The summed E-state index contributed by atoms with van der Waals surface area (Å²) < 4.78 is 11.2. The van der Waals surface area contributed by atoms with E-state index in [1.165, 1.54) is 11.1 Å². The van der Waals surface area contributed by atoms with Crippen LogP contribution in [0.4, 0.5) is 0 Å². The van der Waals surface area contributed by atoms with E-state index in [9.17, 15) is 0 Å². The van der Waals surface area contributed by atoms with Crippen molar-refractivity contribution in [2.75, 3.05) is 13.2 Å². The Hall–Kier alpha value is -0.600. The molecule has 0 radical (unpaired) electrons. The Morgan fingerprint density at radius 1 is 1.29 bits per heavy atom. The lowest BCUT2D eigenvalue weighted by atomic mass is 9.75. The highest BCUT2D eigenvalue weighted by atomic mass is 16.7. The number of hydrogen-bond donors (Lipinski definition) is 0. The molecule has 78 valence electrons. The molecule has 1 aliphatic heterocycles. The number of ether oxygens (including phenoxy) is 2. The molecule has 0 atom stereocenters. The van der Waals surface area contributed by atoms with Crippen molar-refractivity contribution < 1.29 is 9.47 Å². The molecule has 2 heteroatoms. The Morgan fingerprint density at radius 2 is 1.93 bits per heavy atom. The van der Waals surface area contributed by atoms with Gasteiger partial charge in [-0.3, -0.25) is 0 Å². The third kappa shape index (κ3) is 1.64. The van der Waals surface area contributed by atoms with Crippen LogP contribution in [0.15, 0.2) is 23.3 Å². The first-order valence-corrected chi connectivity index (χ1v) is 5.22. The van der Waals surface area contributed by atoms with E-state index in [1.807, 2.05) is 0 Å². The third-order valence-electron chi connectivity index (χ3n) is 3.01. The Kier molecular flexibility index (Phi) is 2.50. The molecule has 2 rings (SSSR count). The molecule has 0 aromatic rings. The fourth-order valence-electron chi connectivity index (χ4n) is 2.29. The minimum absolute atomic E-state index is 0.102. The maximum atomic E-state index is 5.58.